The van der Waals surface area contributed by atoms with Gasteiger partial charge in [0.1, 0.15) is 17.7 Å². The van der Waals surface area contributed by atoms with Crippen LogP contribution in [-0.2, 0) is 0 Å². The number of benzene rings is 2. The van der Waals surface area contributed by atoms with E-state index in [9.17, 15) is 10.5 Å². The highest BCUT2D eigenvalue weighted by Gasteiger charge is 2.17. The molecule has 0 unspecified atom stereocenters. The van der Waals surface area contributed by atoms with E-state index in [1.165, 1.54) is 0 Å². The first kappa shape index (κ1) is 19.0. The number of aromatic amines is 1. The van der Waals surface area contributed by atoms with Gasteiger partial charge in [-0.2, -0.15) is 20.7 Å². The van der Waals surface area contributed by atoms with Crippen molar-refractivity contribution in [3.05, 3.63) is 82.6 Å². The van der Waals surface area contributed by atoms with Crippen LogP contribution < -0.4 is 5.73 Å². The lowest BCUT2D eigenvalue weighted by molar-refractivity contribution is 0.884. The number of H-pyrrole nitrogens is 1. The Morgan fingerprint density at radius 1 is 1.10 bits per heavy atom. The van der Waals surface area contributed by atoms with Gasteiger partial charge in [-0.05, 0) is 30.3 Å². The van der Waals surface area contributed by atoms with Crippen molar-refractivity contribution in [1.29, 1.82) is 10.5 Å². The van der Waals surface area contributed by atoms with Gasteiger partial charge in [0.25, 0.3) is 0 Å². The summed E-state index contributed by atoms with van der Waals surface area (Å²) in [6.07, 6.45) is 3.48. The van der Waals surface area contributed by atoms with Crippen LogP contribution in [0.25, 0.3) is 28.6 Å². The van der Waals surface area contributed by atoms with E-state index < -0.39 is 0 Å². The SMILES string of the molecule is N#CC(=Cc1cn(-c2ccccc2)nc1-c1ccc(Cl)cc1)c1[nH]nc(N)c1C#N. The molecular weight excluding hydrogens is 398 g/mol. The van der Waals surface area contributed by atoms with Crippen LogP contribution in [0.3, 0.4) is 0 Å². The Hall–Kier alpha value is -4.33. The van der Waals surface area contributed by atoms with Crippen molar-refractivity contribution in [3.8, 4) is 29.1 Å². The number of hydrogen-bond donors (Lipinski definition) is 2. The van der Waals surface area contributed by atoms with E-state index in [0.717, 1.165) is 11.3 Å². The summed E-state index contributed by atoms with van der Waals surface area (Å²) in [5.74, 6) is 0.0477. The van der Waals surface area contributed by atoms with Crippen molar-refractivity contribution in [2.24, 2.45) is 0 Å². The largest absolute Gasteiger partial charge is 0.381 e. The molecule has 0 fully saturated rings. The van der Waals surface area contributed by atoms with Crippen molar-refractivity contribution in [2.45, 2.75) is 0 Å². The molecule has 0 spiro atoms. The predicted octanol–water partition coefficient (Wildman–Crippen LogP) is 4.43. The monoisotopic (exact) mass is 411 g/mol. The molecule has 0 amide bonds. The maximum absolute atomic E-state index is 9.73. The van der Waals surface area contributed by atoms with Crippen molar-refractivity contribution < 1.29 is 0 Å². The summed E-state index contributed by atoms with van der Waals surface area (Å²) < 4.78 is 1.73. The molecule has 0 aliphatic rings. The summed E-state index contributed by atoms with van der Waals surface area (Å²) >= 11 is 6.03. The Morgan fingerprint density at radius 3 is 2.50 bits per heavy atom. The quantitative estimate of drug-likeness (QED) is 0.481. The molecule has 7 nitrogen and oxygen atoms in total. The number of anilines is 1. The Labute approximate surface area is 177 Å². The Kier molecular flexibility index (Phi) is 5.04. The first-order valence-corrected chi connectivity index (χ1v) is 9.25. The van der Waals surface area contributed by atoms with Gasteiger partial charge < -0.3 is 5.73 Å². The number of rotatable bonds is 4. The number of halogens is 1. The molecule has 2 heterocycles. The Balaban J connectivity index is 1.90. The number of aromatic nitrogens is 4. The summed E-state index contributed by atoms with van der Waals surface area (Å²) in [5, 5.41) is 30.9. The van der Waals surface area contributed by atoms with Crippen LogP contribution in [0, 0.1) is 22.7 Å². The van der Waals surface area contributed by atoms with Crippen LogP contribution in [0.2, 0.25) is 5.02 Å². The van der Waals surface area contributed by atoms with Crippen LogP contribution >= 0.6 is 11.6 Å². The van der Waals surface area contributed by atoms with E-state index in [4.69, 9.17) is 22.4 Å². The Morgan fingerprint density at radius 2 is 1.83 bits per heavy atom. The van der Waals surface area contributed by atoms with Gasteiger partial charge >= 0.3 is 0 Å². The van der Waals surface area contributed by atoms with Gasteiger partial charge in [0, 0.05) is 22.3 Å². The molecule has 3 N–H and O–H groups in total. The number of nitrogen functional groups attached to an aromatic ring is 1. The van der Waals surface area contributed by atoms with E-state index in [1.807, 2.05) is 54.7 Å². The summed E-state index contributed by atoms with van der Waals surface area (Å²) in [6, 6.07) is 21.0. The second kappa shape index (κ2) is 7.96. The predicted molar refractivity (Wildman–Crippen MR) is 115 cm³/mol. The van der Waals surface area contributed by atoms with Gasteiger partial charge in [-0.15, -0.1) is 0 Å². The van der Waals surface area contributed by atoms with Gasteiger partial charge in [0.05, 0.1) is 22.6 Å². The van der Waals surface area contributed by atoms with Crippen molar-refractivity contribution in [2.75, 3.05) is 5.73 Å². The first-order chi connectivity index (χ1) is 14.6. The minimum atomic E-state index is 0.0477. The summed E-state index contributed by atoms with van der Waals surface area (Å²) in [4.78, 5) is 0. The smallest absolute Gasteiger partial charge is 0.163 e. The van der Waals surface area contributed by atoms with Gasteiger partial charge in [0.2, 0.25) is 0 Å². The minimum absolute atomic E-state index is 0.0477. The van der Waals surface area contributed by atoms with Crippen LogP contribution in [0.5, 0.6) is 0 Å². The minimum Gasteiger partial charge on any atom is -0.381 e. The van der Waals surface area contributed by atoms with Crippen LogP contribution in [-0.4, -0.2) is 20.0 Å². The zero-order valence-electron chi connectivity index (χ0n) is 15.5. The molecule has 0 aliphatic heterocycles. The lowest BCUT2D eigenvalue weighted by Crippen LogP contribution is -1.93. The molecule has 30 heavy (non-hydrogen) atoms. The number of nitrogens with one attached hydrogen (secondary N) is 1. The van der Waals surface area contributed by atoms with Crippen molar-refractivity contribution >= 4 is 29.1 Å². The summed E-state index contributed by atoms with van der Waals surface area (Å²) in [6.45, 7) is 0. The fourth-order valence-electron chi connectivity index (χ4n) is 3.02. The van der Waals surface area contributed by atoms with Crippen LogP contribution in [0.1, 0.15) is 16.8 Å². The molecule has 8 heteroatoms. The second-order valence-corrected chi connectivity index (χ2v) is 6.80. The summed E-state index contributed by atoms with van der Waals surface area (Å²) in [5.41, 5.74) is 9.40. The second-order valence-electron chi connectivity index (χ2n) is 6.36. The van der Waals surface area contributed by atoms with E-state index in [-0.39, 0.29) is 22.6 Å². The van der Waals surface area contributed by atoms with Crippen molar-refractivity contribution in [3.63, 3.8) is 0 Å². The number of para-hydroxylation sites is 1. The molecule has 144 valence electrons. The average Bonchev–Trinajstić information content (AvgIpc) is 3.36. The Bertz CT molecular complexity index is 1320. The highest BCUT2D eigenvalue weighted by molar-refractivity contribution is 6.30. The van der Waals surface area contributed by atoms with E-state index in [0.29, 0.717) is 16.3 Å². The standard InChI is InChI=1S/C22H14ClN7/c23-17-8-6-14(7-9-17)20-16(13-30(29-20)18-4-2-1-3-5-18)10-15(11-24)21-19(12-25)22(26)28-27-21/h1-10,13H,(H3,26,27,28). The summed E-state index contributed by atoms with van der Waals surface area (Å²) in [7, 11) is 0. The number of hydrogen-bond acceptors (Lipinski definition) is 5. The fourth-order valence-corrected chi connectivity index (χ4v) is 3.14. The molecular formula is C22H14ClN7. The zero-order valence-corrected chi connectivity index (χ0v) is 16.3. The molecule has 2 aromatic heterocycles. The average molecular weight is 412 g/mol. The number of nitriles is 2. The topological polar surface area (TPSA) is 120 Å². The van der Waals surface area contributed by atoms with Gasteiger partial charge in [-0.3, -0.25) is 5.10 Å². The lowest BCUT2D eigenvalue weighted by Gasteiger charge is -2.01. The molecule has 0 aliphatic carbocycles. The molecule has 0 saturated heterocycles. The van der Waals surface area contributed by atoms with Crippen LogP contribution in [0.15, 0.2) is 60.8 Å². The van der Waals surface area contributed by atoms with E-state index in [1.54, 1.807) is 22.9 Å². The lowest BCUT2D eigenvalue weighted by atomic mass is 10.0. The third kappa shape index (κ3) is 3.53. The third-order valence-corrected chi connectivity index (χ3v) is 4.73. The third-order valence-electron chi connectivity index (χ3n) is 4.48. The molecule has 0 saturated carbocycles. The van der Waals surface area contributed by atoms with Crippen LogP contribution in [0.4, 0.5) is 5.82 Å². The number of nitrogens with two attached hydrogens (primary N) is 1. The van der Waals surface area contributed by atoms with Gasteiger partial charge in [-0.1, -0.05) is 41.9 Å². The highest BCUT2D eigenvalue weighted by Crippen LogP contribution is 2.29. The molecule has 4 rings (SSSR count). The normalized spacial score (nSPS) is 11.1. The maximum atomic E-state index is 9.73. The maximum Gasteiger partial charge on any atom is 0.163 e. The number of allylic oxidation sites excluding steroid dienone is 1. The van der Waals surface area contributed by atoms with E-state index >= 15 is 0 Å². The fraction of sp³-hybridized carbons (Fsp3) is 0. The number of nitrogens with zero attached hydrogens (tertiary/aromatic N) is 5. The molecule has 2 aromatic carbocycles. The highest BCUT2D eigenvalue weighted by atomic mass is 35.5. The first-order valence-electron chi connectivity index (χ1n) is 8.88. The van der Waals surface area contributed by atoms with Gasteiger partial charge in [0.15, 0.2) is 5.82 Å². The van der Waals surface area contributed by atoms with E-state index in [2.05, 4.69) is 16.3 Å². The zero-order chi connectivity index (χ0) is 21.1. The van der Waals surface area contributed by atoms with Crippen molar-refractivity contribution in [1.82, 2.24) is 20.0 Å². The molecule has 0 bridgehead atoms. The molecule has 0 radical (unpaired) electrons. The van der Waals surface area contributed by atoms with Gasteiger partial charge in [-0.25, -0.2) is 4.68 Å². The molecule has 4 aromatic rings. The molecule has 0 atom stereocenters.